The van der Waals surface area contributed by atoms with Gasteiger partial charge in [0.05, 0.1) is 25.2 Å². The molecular formula is C61H103NO5. The first-order chi connectivity index (χ1) is 33.0. The van der Waals surface area contributed by atoms with E-state index in [0.29, 0.717) is 19.3 Å². The molecule has 0 bridgehead atoms. The number of carbonyl (C=O) groups is 2. The van der Waals surface area contributed by atoms with Gasteiger partial charge in [-0.25, -0.2) is 0 Å². The van der Waals surface area contributed by atoms with E-state index in [1.54, 1.807) is 0 Å². The number of ether oxygens (including phenoxy) is 1. The van der Waals surface area contributed by atoms with Crippen LogP contribution in [0.4, 0.5) is 0 Å². The van der Waals surface area contributed by atoms with Gasteiger partial charge >= 0.3 is 5.97 Å². The molecule has 1 amide bonds. The summed E-state index contributed by atoms with van der Waals surface area (Å²) in [4.78, 5) is 26.2. The minimum Gasteiger partial charge on any atom is -0.462 e. The Morgan fingerprint density at radius 2 is 0.866 bits per heavy atom. The second-order valence-corrected chi connectivity index (χ2v) is 18.4. The Bertz CT molecular complexity index is 1370. The zero-order chi connectivity index (χ0) is 48.8. The van der Waals surface area contributed by atoms with Crippen LogP contribution in [0.3, 0.4) is 0 Å². The first-order valence-corrected chi connectivity index (χ1v) is 27.7. The van der Waals surface area contributed by atoms with Crippen LogP contribution in [0.25, 0.3) is 0 Å². The first-order valence-electron chi connectivity index (χ1n) is 27.7. The van der Waals surface area contributed by atoms with E-state index in [2.05, 4.69) is 80.8 Å². The van der Waals surface area contributed by atoms with Crippen LogP contribution in [0.15, 0.2) is 109 Å². The van der Waals surface area contributed by atoms with Gasteiger partial charge in [0.15, 0.2) is 0 Å². The molecule has 0 heterocycles. The molecular weight excluding hydrogens is 827 g/mol. The largest absolute Gasteiger partial charge is 0.462 e. The topological polar surface area (TPSA) is 95.9 Å². The fraction of sp³-hybridized carbons (Fsp3) is 0.672. The summed E-state index contributed by atoms with van der Waals surface area (Å²) in [7, 11) is 0. The number of aliphatic hydroxyl groups excluding tert-OH is 2. The van der Waals surface area contributed by atoms with Crippen molar-refractivity contribution in [2.75, 3.05) is 6.61 Å². The van der Waals surface area contributed by atoms with E-state index in [4.69, 9.17) is 4.74 Å². The number of aliphatic hydroxyl groups is 2. The molecule has 3 unspecified atom stereocenters. The molecule has 382 valence electrons. The maximum absolute atomic E-state index is 13.2. The normalized spacial score (nSPS) is 14.0. The van der Waals surface area contributed by atoms with Crippen molar-refractivity contribution in [3.63, 3.8) is 0 Å². The van der Waals surface area contributed by atoms with Crippen molar-refractivity contribution in [2.24, 2.45) is 0 Å². The van der Waals surface area contributed by atoms with Gasteiger partial charge in [0.2, 0.25) is 5.91 Å². The van der Waals surface area contributed by atoms with Crippen molar-refractivity contribution in [1.82, 2.24) is 5.32 Å². The Morgan fingerprint density at radius 3 is 1.39 bits per heavy atom. The lowest BCUT2D eigenvalue weighted by molar-refractivity contribution is -0.151. The van der Waals surface area contributed by atoms with Gasteiger partial charge in [0.1, 0.15) is 6.10 Å². The molecule has 67 heavy (non-hydrogen) atoms. The molecule has 0 aliphatic carbocycles. The number of esters is 1. The van der Waals surface area contributed by atoms with Crippen molar-refractivity contribution in [2.45, 2.75) is 257 Å². The summed E-state index contributed by atoms with van der Waals surface area (Å²) in [5.41, 5.74) is 0. The maximum Gasteiger partial charge on any atom is 0.306 e. The first kappa shape index (κ1) is 63.5. The Labute approximate surface area is 413 Å². The summed E-state index contributed by atoms with van der Waals surface area (Å²) in [6, 6.07) is -0.732. The summed E-state index contributed by atoms with van der Waals surface area (Å²) < 4.78 is 5.91. The third-order valence-corrected chi connectivity index (χ3v) is 12.0. The Hall–Kier alpha value is -3.48. The number of rotatable bonds is 48. The smallest absolute Gasteiger partial charge is 0.306 e. The van der Waals surface area contributed by atoms with Crippen LogP contribution in [-0.2, 0) is 14.3 Å². The predicted octanol–water partition coefficient (Wildman–Crippen LogP) is 17.1. The molecule has 3 atom stereocenters. The molecule has 6 nitrogen and oxygen atoms in total. The van der Waals surface area contributed by atoms with Gasteiger partial charge in [-0.3, -0.25) is 9.59 Å². The number of hydrogen-bond acceptors (Lipinski definition) is 5. The van der Waals surface area contributed by atoms with Crippen molar-refractivity contribution >= 4 is 11.9 Å². The highest BCUT2D eigenvalue weighted by molar-refractivity contribution is 5.77. The van der Waals surface area contributed by atoms with Crippen LogP contribution in [0, 0.1) is 0 Å². The van der Waals surface area contributed by atoms with E-state index in [1.165, 1.54) is 109 Å². The maximum atomic E-state index is 13.2. The predicted molar refractivity (Wildman–Crippen MR) is 291 cm³/mol. The van der Waals surface area contributed by atoms with Crippen LogP contribution < -0.4 is 5.32 Å². The average Bonchev–Trinajstić information content (AvgIpc) is 3.32. The van der Waals surface area contributed by atoms with E-state index >= 15 is 0 Å². The lowest BCUT2D eigenvalue weighted by atomic mass is 10.0. The molecule has 6 heteroatoms. The molecule has 0 aromatic rings. The van der Waals surface area contributed by atoms with Gasteiger partial charge in [-0.05, 0) is 83.5 Å². The van der Waals surface area contributed by atoms with Gasteiger partial charge in [-0.1, -0.05) is 252 Å². The van der Waals surface area contributed by atoms with E-state index in [-0.39, 0.29) is 24.9 Å². The van der Waals surface area contributed by atoms with E-state index in [9.17, 15) is 19.8 Å². The van der Waals surface area contributed by atoms with Crippen molar-refractivity contribution < 1.29 is 24.5 Å². The van der Waals surface area contributed by atoms with E-state index in [0.717, 1.165) is 83.5 Å². The third kappa shape index (κ3) is 48.8. The van der Waals surface area contributed by atoms with Crippen molar-refractivity contribution in [3.8, 4) is 0 Å². The fourth-order valence-corrected chi connectivity index (χ4v) is 7.82. The standard InChI is InChI=1S/C61H103NO5/c1-4-7-10-13-16-19-22-25-28-30-33-36-39-42-45-48-51-54-61(66)67-57(52-49-46-43-40-37-34-31-27-24-21-18-15-12-9-6-3)55-60(65)62-58(56-63)59(64)53-50-47-44-41-38-35-32-29-26-23-20-17-14-11-8-5-2/h7,10,13,16,18-19,21-22,25,27-28,30-31,33,36-37,39-40,57-59,63-64H,4-6,8-9,11-12,14-15,17,20,23-24,26,29,32,34-35,38,41-56H2,1-3H3,(H,62,65)/b10-7-,16-13+,21-18-,22-19+,28-25-,31-27-,33-30+,39-36+,40-37-. The van der Waals surface area contributed by atoms with Gasteiger partial charge < -0.3 is 20.3 Å². The van der Waals surface area contributed by atoms with Crippen LogP contribution in [0.1, 0.15) is 239 Å². The molecule has 0 aromatic heterocycles. The highest BCUT2D eigenvalue weighted by atomic mass is 16.5. The monoisotopic (exact) mass is 930 g/mol. The molecule has 0 fully saturated rings. The SMILES string of the molecule is CC\C=C/C=C/C=C/C=C\C=C\C=C\CCCCCC(=O)OC(CCCC/C=C\C/C=C\C/C=C\CCCCC)CC(=O)NC(CO)C(O)CCCCCCCCCCCCCCCCCC. The number of hydrogen-bond donors (Lipinski definition) is 3. The fourth-order valence-electron chi connectivity index (χ4n) is 7.82. The van der Waals surface area contributed by atoms with Crippen LogP contribution in [-0.4, -0.2) is 46.9 Å². The molecule has 0 aromatic carbocycles. The van der Waals surface area contributed by atoms with Gasteiger partial charge in [-0.15, -0.1) is 0 Å². The second-order valence-electron chi connectivity index (χ2n) is 18.4. The summed E-state index contributed by atoms with van der Waals surface area (Å²) in [6.45, 7) is 6.30. The molecule has 0 spiro atoms. The highest BCUT2D eigenvalue weighted by Gasteiger charge is 2.24. The molecule has 0 aliphatic rings. The molecule has 3 N–H and O–H groups in total. The Kier molecular flexibility index (Phi) is 50.7. The van der Waals surface area contributed by atoms with Gasteiger partial charge in [0, 0.05) is 6.42 Å². The summed E-state index contributed by atoms with van der Waals surface area (Å²) in [5, 5.41) is 23.8. The number of nitrogens with one attached hydrogen (secondary N) is 1. The average molecular weight is 930 g/mol. The van der Waals surface area contributed by atoms with E-state index in [1.807, 2.05) is 54.7 Å². The third-order valence-electron chi connectivity index (χ3n) is 12.0. The molecule has 0 saturated carbocycles. The van der Waals surface area contributed by atoms with Crippen LogP contribution in [0.5, 0.6) is 0 Å². The van der Waals surface area contributed by atoms with Crippen LogP contribution >= 0.6 is 0 Å². The molecule has 0 radical (unpaired) electrons. The summed E-state index contributed by atoms with van der Waals surface area (Å²) in [6.07, 6.45) is 72.9. The number of unbranched alkanes of at least 4 members (excludes halogenated alkanes) is 23. The minimum absolute atomic E-state index is 0.0270. The minimum atomic E-state index is -0.814. The summed E-state index contributed by atoms with van der Waals surface area (Å²) in [5.74, 6) is -0.569. The second kappa shape index (κ2) is 53.5. The molecule has 0 aliphatic heterocycles. The Balaban J connectivity index is 4.73. The quantitative estimate of drug-likeness (QED) is 0.0244. The Morgan fingerprint density at radius 1 is 0.463 bits per heavy atom. The number of carbonyl (C=O) groups excluding carboxylic acids is 2. The lowest BCUT2D eigenvalue weighted by Crippen LogP contribution is -2.46. The van der Waals surface area contributed by atoms with Gasteiger partial charge in [0.25, 0.3) is 0 Å². The number of amides is 1. The lowest BCUT2D eigenvalue weighted by Gasteiger charge is -2.24. The number of allylic oxidation sites excluding steroid dienone is 18. The zero-order valence-electron chi connectivity index (χ0n) is 43.5. The molecule has 0 saturated heterocycles. The van der Waals surface area contributed by atoms with Gasteiger partial charge in [-0.2, -0.15) is 0 Å². The highest BCUT2D eigenvalue weighted by Crippen LogP contribution is 2.17. The molecule has 0 rings (SSSR count). The summed E-state index contributed by atoms with van der Waals surface area (Å²) >= 11 is 0. The van der Waals surface area contributed by atoms with Crippen LogP contribution in [0.2, 0.25) is 0 Å². The van der Waals surface area contributed by atoms with Crippen molar-refractivity contribution in [1.29, 1.82) is 0 Å². The zero-order valence-corrected chi connectivity index (χ0v) is 43.5. The van der Waals surface area contributed by atoms with E-state index < -0.39 is 18.2 Å². The van der Waals surface area contributed by atoms with Crippen molar-refractivity contribution in [3.05, 3.63) is 109 Å².